The van der Waals surface area contributed by atoms with Crippen molar-refractivity contribution in [1.82, 2.24) is 21.1 Å². The summed E-state index contributed by atoms with van der Waals surface area (Å²) in [6.07, 6.45) is 0. The molecule has 0 aliphatic rings. The van der Waals surface area contributed by atoms with Crippen LogP contribution in [0.4, 0.5) is 0 Å². The molecule has 1 aromatic carbocycles. The highest BCUT2D eigenvalue weighted by molar-refractivity contribution is 9.10. The third-order valence-electron chi connectivity index (χ3n) is 3.70. The Kier molecular flexibility index (Phi) is 8.32. The van der Waals surface area contributed by atoms with Crippen LogP contribution in [-0.4, -0.2) is 36.7 Å². The number of hydrogen-bond donors (Lipinski definition) is 3. The van der Waals surface area contributed by atoms with Crippen LogP contribution >= 0.6 is 15.9 Å². The first-order valence-electron chi connectivity index (χ1n) is 9.01. The Balaban J connectivity index is 1.80. The highest BCUT2D eigenvalue weighted by Gasteiger charge is 2.08. The van der Waals surface area contributed by atoms with Gasteiger partial charge in [-0.1, -0.05) is 41.0 Å². The topological polar surface area (TPSA) is 91.6 Å². The van der Waals surface area contributed by atoms with E-state index in [4.69, 9.17) is 4.52 Å². The van der Waals surface area contributed by atoms with Gasteiger partial charge in [-0.15, -0.1) is 0 Å². The van der Waals surface area contributed by atoms with Gasteiger partial charge in [0, 0.05) is 35.7 Å². The minimum atomic E-state index is -0.108. The number of amides is 1. The Morgan fingerprint density at radius 1 is 1.22 bits per heavy atom. The van der Waals surface area contributed by atoms with Crippen molar-refractivity contribution in [1.29, 1.82) is 0 Å². The molecule has 0 bridgehead atoms. The summed E-state index contributed by atoms with van der Waals surface area (Å²) in [5.41, 5.74) is 1.55. The van der Waals surface area contributed by atoms with Crippen LogP contribution in [0.15, 0.2) is 44.3 Å². The standard InChI is InChI=1S/C19H26BrN5O2/c1-4-21-19(24-12-16-11-17(13(2)3)25-27-16)23-9-8-22-18(26)14-6-5-7-15(20)10-14/h5-7,10-11,13H,4,8-9,12H2,1-3H3,(H,22,26)(H2,21,23,24). The third-order valence-corrected chi connectivity index (χ3v) is 4.19. The van der Waals surface area contributed by atoms with Gasteiger partial charge in [0.2, 0.25) is 0 Å². The lowest BCUT2D eigenvalue weighted by Crippen LogP contribution is -2.41. The number of halogens is 1. The van der Waals surface area contributed by atoms with Crippen molar-refractivity contribution >= 4 is 27.8 Å². The molecule has 1 heterocycles. The van der Waals surface area contributed by atoms with Crippen molar-refractivity contribution in [3.8, 4) is 0 Å². The minimum Gasteiger partial charge on any atom is -0.359 e. The smallest absolute Gasteiger partial charge is 0.251 e. The molecule has 0 aliphatic heterocycles. The van der Waals surface area contributed by atoms with E-state index in [-0.39, 0.29) is 5.91 Å². The molecular weight excluding hydrogens is 410 g/mol. The van der Waals surface area contributed by atoms with Crippen molar-refractivity contribution in [2.45, 2.75) is 33.2 Å². The highest BCUT2D eigenvalue weighted by Crippen LogP contribution is 2.14. The number of aromatic nitrogens is 1. The molecule has 2 rings (SSSR count). The van der Waals surface area contributed by atoms with Crippen LogP contribution in [0.25, 0.3) is 0 Å². The predicted molar refractivity (Wildman–Crippen MR) is 110 cm³/mol. The SMILES string of the molecule is CCNC(=NCc1cc(C(C)C)no1)NCCNC(=O)c1cccc(Br)c1. The summed E-state index contributed by atoms with van der Waals surface area (Å²) in [5, 5.41) is 13.3. The van der Waals surface area contributed by atoms with Gasteiger partial charge >= 0.3 is 0 Å². The molecule has 8 heteroatoms. The Labute approximate surface area is 168 Å². The maximum atomic E-state index is 12.1. The normalized spacial score (nSPS) is 11.5. The zero-order chi connectivity index (χ0) is 19.6. The molecular formula is C19H26BrN5O2. The van der Waals surface area contributed by atoms with E-state index in [1.165, 1.54) is 0 Å². The molecule has 7 nitrogen and oxygen atoms in total. The molecule has 0 saturated heterocycles. The second-order valence-corrected chi connectivity index (χ2v) is 7.18. The number of guanidine groups is 1. The van der Waals surface area contributed by atoms with Crippen LogP contribution in [0.1, 0.15) is 48.5 Å². The molecule has 0 radical (unpaired) electrons. The average molecular weight is 436 g/mol. The highest BCUT2D eigenvalue weighted by atomic mass is 79.9. The number of benzene rings is 1. The Hall–Kier alpha value is -2.35. The fraction of sp³-hybridized carbons (Fsp3) is 0.421. The number of nitrogens with zero attached hydrogens (tertiary/aromatic N) is 2. The van der Waals surface area contributed by atoms with E-state index < -0.39 is 0 Å². The van der Waals surface area contributed by atoms with Gasteiger partial charge in [0.25, 0.3) is 5.91 Å². The van der Waals surface area contributed by atoms with Crippen LogP contribution in [0.5, 0.6) is 0 Å². The van der Waals surface area contributed by atoms with Crippen LogP contribution in [0.3, 0.4) is 0 Å². The van der Waals surface area contributed by atoms with E-state index in [2.05, 4.69) is 55.9 Å². The fourth-order valence-corrected chi connectivity index (χ4v) is 2.66. The average Bonchev–Trinajstić information content (AvgIpc) is 3.12. The third kappa shape index (κ3) is 7.05. The van der Waals surface area contributed by atoms with Crippen LogP contribution in [-0.2, 0) is 6.54 Å². The first kappa shape index (κ1) is 21.0. The lowest BCUT2D eigenvalue weighted by molar-refractivity contribution is 0.0954. The number of carbonyl (C=O) groups excluding carboxylic acids is 1. The summed E-state index contributed by atoms with van der Waals surface area (Å²) in [7, 11) is 0. The van der Waals surface area contributed by atoms with Crippen LogP contribution in [0, 0.1) is 0 Å². The lowest BCUT2D eigenvalue weighted by Gasteiger charge is -2.11. The molecule has 0 unspecified atom stereocenters. The van der Waals surface area contributed by atoms with Crippen molar-refractivity contribution in [2.24, 2.45) is 4.99 Å². The summed E-state index contributed by atoms with van der Waals surface area (Å²) >= 11 is 3.37. The molecule has 1 aromatic heterocycles. The maximum absolute atomic E-state index is 12.1. The number of carbonyl (C=O) groups is 1. The van der Waals surface area contributed by atoms with Crippen molar-refractivity contribution < 1.29 is 9.32 Å². The van der Waals surface area contributed by atoms with E-state index in [0.717, 1.165) is 22.5 Å². The number of hydrogen-bond acceptors (Lipinski definition) is 4. The monoisotopic (exact) mass is 435 g/mol. The quantitative estimate of drug-likeness (QED) is 0.336. The summed E-state index contributed by atoms with van der Waals surface area (Å²) in [4.78, 5) is 16.6. The van der Waals surface area contributed by atoms with Crippen molar-refractivity contribution in [3.63, 3.8) is 0 Å². The van der Waals surface area contributed by atoms with E-state index >= 15 is 0 Å². The van der Waals surface area contributed by atoms with Crippen molar-refractivity contribution in [2.75, 3.05) is 19.6 Å². The lowest BCUT2D eigenvalue weighted by atomic mass is 10.1. The van der Waals surface area contributed by atoms with Crippen LogP contribution < -0.4 is 16.0 Å². The van der Waals surface area contributed by atoms with Gasteiger partial charge in [-0.05, 0) is 31.0 Å². The number of aliphatic imine (C=N–C) groups is 1. The largest absolute Gasteiger partial charge is 0.359 e. The van der Waals surface area contributed by atoms with Gasteiger partial charge in [0.1, 0.15) is 6.54 Å². The summed E-state index contributed by atoms with van der Waals surface area (Å²) in [6, 6.07) is 9.21. The van der Waals surface area contributed by atoms with Gasteiger partial charge in [-0.25, -0.2) is 4.99 Å². The summed E-state index contributed by atoms with van der Waals surface area (Å²) in [6.45, 7) is 8.31. The number of nitrogens with one attached hydrogen (secondary N) is 3. The first-order valence-corrected chi connectivity index (χ1v) is 9.80. The molecule has 2 aromatic rings. The first-order chi connectivity index (χ1) is 13.0. The summed E-state index contributed by atoms with van der Waals surface area (Å²) < 4.78 is 6.17. The Morgan fingerprint density at radius 2 is 2.00 bits per heavy atom. The molecule has 0 atom stereocenters. The second-order valence-electron chi connectivity index (χ2n) is 6.26. The Bertz CT molecular complexity index is 773. The molecule has 0 aliphatic carbocycles. The van der Waals surface area contributed by atoms with E-state index in [1.807, 2.05) is 25.1 Å². The predicted octanol–water partition coefficient (Wildman–Crippen LogP) is 3.05. The zero-order valence-electron chi connectivity index (χ0n) is 15.9. The molecule has 0 spiro atoms. The van der Waals surface area contributed by atoms with Gasteiger partial charge in [-0.3, -0.25) is 4.79 Å². The Morgan fingerprint density at radius 3 is 2.67 bits per heavy atom. The van der Waals surface area contributed by atoms with Crippen LogP contribution in [0.2, 0.25) is 0 Å². The maximum Gasteiger partial charge on any atom is 0.251 e. The summed E-state index contributed by atoms with van der Waals surface area (Å²) in [5.74, 6) is 1.60. The second kappa shape index (κ2) is 10.7. The van der Waals surface area contributed by atoms with Gasteiger partial charge in [0.15, 0.2) is 11.7 Å². The fourth-order valence-electron chi connectivity index (χ4n) is 2.26. The van der Waals surface area contributed by atoms with Crippen molar-refractivity contribution in [3.05, 3.63) is 51.8 Å². The number of rotatable bonds is 8. The molecule has 1 amide bonds. The minimum absolute atomic E-state index is 0.108. The van der Waals surface area contributed by atoms with Gasteiger partial charge in [0.05, 0.1) is 5.69 Å². The molecule has 3 N–H and O–H groups in total. The molecule has 0 saturated carbocycles. The van der Waals surface area contributed by atoms with E-state index in [1.54, 1.807) is 12.1 Å². The molecule has 27 heavy (non-hydrogen) atoms. The van der Waals surface area contributed by atoms with Gasteiger partial charge in [-0.2, -0.15) is 0 Å². The van der Waals surface area contributed by atoms with E-state index in [0.29, 0.717) is 37.1 Å². The van der Waals surface area contributed by atoms with E-state index in [9.17, 15) is 4.79 Å². The molecule has 146 valence electrons. The van der Waals surface area contributed by atoms with Gasteiger partial charge < -0.3 is 20.5 Å². The molecule has 0 fully saturated rings. The zero-order valence-corrected chi connectivity index (χ0v) is 17.5.